The Kier molecular flexibility index (Phi) is 4.60. The molecule has 2 aliphatic heterocycles. The van der Waals surface area contributed by atoms with E-state index >= 15 is 0 Å². The lowest BCUT2D eigenvalue weighted by molar-refractivity contribution is -0.135. The van der Waals surface area contributed by atoms with Crippen LogP contribution < -0.4 is 4.90 Å². The minimum Gasteiger partial charge on any atom is -0.507 e. The first-order chi connectivity index (χ1) is 14.0. The zero-order valence-corrected chi connectivity index (χ0v) is 15.9. The molecule has 0 radical (unpaired) electrons. The van der Waals surface area contributed by atoms with Crippen LogP contribution in [0.15, 0.2) is 30.6 Å². The third kappa shape index (κ3) is 3.15. The maximum atomic E-state index is 14.4. The number of carbonyl (C=O) groups excluding carboxylic acids is 1. The predicted octanol–water partition coefficient (Wildman–Crippen LogP) is 2.53. The molecule has 3 heterocycles. The number of nitriles is 1. The summed E-state index contributed by atoms with van der Waals surface area (Å²) in [4.78, 5) is 19.9. The highest BCUT2D eigenvalue weighted by Crippen LogP contribution is 2.43. The first-order valence-electron chi connectivity index (χ1n) is 9.30. The number of amides is 1. The van der Waals surface area contributed by atoms with Crippen molar-refractivity contribution in [2.45, 2.75) is 13.3 Å². The lowest BCUT2D eigenvalue weighted by Gasteiger charge is -2.47. The second kappa shape index (κ2) is 7.10. The molecule has 7 heteroatoms. The van der Waals surface area contributed by atoms with Crippen molar-refractivity contribution in [2.75, 3.05) is 31.1 Å². The van der Waals surface area contributed by atoms with Gasteiger partial charge < -0.3 is 14.9 Å². The van der Waals surface area contributed by atoms with Gasteiger partial charge in [0, 0.05) is 43.4 Å². The fraction of sp³-hybridized carbons (Fsp3) is 0.318. The zero-order chi connectivity index (χ0) is 20.6. The SMILES string of the molecule is CC#CC(=O)N1CC2(CCN(c3cncc(-c4c(O)cccc4F)c3C#N)C2)C1. The van der Waals surface area contributed by atoms with Crippen molar-refractivity contribution in [3.05, 3.63) is 42.0 Å². The fourth-order valence-corrected chi connectivity index (χ4v) is 4.27. The van der Waals surface area contributed by atoms with Gasteiger partial charge >= 0.3 is 0 Å². The molecule has 1 aromatic carbocycles. The number of nitrogens with zero attached hydrogens (tertiary/aromatic N) is 4. The smallest absolute Gasteiger partial charge is 0.298 e. The average Bonchev–Trinajstić information content (AvgIpc) is 3.12. The Morgan fingerprint density at radius 2 is 2.10 bits per heavy atom. The minimum atomic E-state index is -0.608. The monoisotopic (exact) mass is 390 g/mol. The number of likely N-dealkylation sites (tertiary alicyclic amines) is 1. The molecule has 2 aromatic rings. The second-order valence-electron chi connectivity index (χ2n) is 7.53. The van der Waals surface area contributed by atoms with Crippen LogP contribution in [-0.2, 0) is 4.79 Å². The molecule has 2 aliphatic rings. The van der Waals surface area contributed by atoms with Crippen LogP contribution in [0, 0.1) is 34.4 Å². The molecule has 1 N–H and O–H groups in total. The number of aromatic hydroxyl groups is 1. The van der Waals surface area contributed by atoms with E-state index in [1.165, 1.54) is 24.4 Å². The molecule has 0 unspecified atom stereocenters. The number of carbonyl (C=O) groups is 1. The van der Waals surface area contributed by atoms with Gasteiger partial charge in [0.1, 0.15) is 17.6 Å². The summed E-state index contributed by atoms with van der Waals surface area (Å²) in [6.07, 6.45) is 3.89. The Labute approximate surface area is 168 Å². The topological polar surface area (TPSA) is 80.5 Å². The van der Waals surface area contributed by atoms with Gasteiger partial charge in [0.05, 0.1) is 23.0 Å². The summed E-state index contributed by atoms with van der Waals surface area (Å²) in [6.45, 7) is 4.31. The quantitative estimate of drug-likeness (QED) is 0.797. The lowest BCUT2D eigenvalue weighted by atomic mass is 9.79. The number of aromatic nitrogens is 1. The Bertz CT molecular complexity index is 1070. The summed E-state index contributed by atoms with van der Waals surface area (Å²) in [5.41, 5.74) is 1.12. The summed E-state index contributed by atoms with van der Waals surface area (Å²) in [5, 5.41) is 19.9. The van der Waals surface area contributed by atoms with E-state index in [1.54, 1.807) is 18.0 Å². The molecule has 2 saturated heterocycles. The van der Waals surface area contributed by atoms with Gasteiger partial charge in [0.15, 0.2) is 0 Å². The molecule has 6 nitrogen and oxygen atoms in total. The van der Waals surface area contributed by atoms with E-state index in [-0.39, 0.29) is 33.8 Å². The van der Waals surface area contributed by atoms with Gasteiger partial charge in [-0.25, -0.2) is 4.39 Å². The van der Waals surface area contributed by atoms with Crippen LogP contribution in [0.1, 0.15) is 18.9 Å². The van der Waals surface area contributed by atoms with E-state index in [4.69, 9.17) is 0 Å². The number of pyridine rings is 1. The Morgan fingerprint density at radius 1 is 1.31 bits per heavy atom. The number of phenols is 1. The van der Waals surface area contributed by atoms with Crippen molar-refractivity contribution in [3.8, 4) is 34.8 Å². The number of phenolic OH excluding ortho intramolecular Hbond substituents is 1. The summed E-state index contributed by atoms with van der Waals surface area (Å²) in [7, 11) is 0. The molecule has 0 saturated carbocycles. The molecule has 29 heavy (non-hydrogen) atoms. The van der Waals surface area contributed by atoms with Crippen LogP contribution in [0.3, 0.4) is 0 Å². The second-order valence-corrected chi connectivity index (χ2v) is 7.53. The normalized spacial score (nSPS) is 16.7. The maximum Gasteiger partial charge on any atom is 0.298 e. The molecule has 1 spiro atoms. The lowest BCUT2D eigenvalue weighted by Crippen LogP contribution is -2.59. The average molecular weight is 390 g/mol. The van der Waals surface area contributed by atoms with Gasteiger partial charge in [0.25, 0.3) is 5.91 Å². The largest absolute Gasteiger partial charge is 0.507 e. The van der Waals surface area contributed by atoms with Crippen LogP contribution in [0.4, 0.5) is 10.1 Å². The number of anilines is 1. The van der Waals surface area contributed by atoms with Crippen molar-refractivity contribution < 1.29 is 14.3 Å². The molecule has 0 atom stereocenters. The van der Waals surface area contributed by atoms with Crippen LogP contribution in [0.5, 0.6) is 5.75 Å². The third-order valence-corrected chi connectivity index (χ3v) is 5.65. The molecule has 0 aliphatic carbocycles. The number of benzene rings is 1. The molecule has 146 valence electrons. The Balaban J connectivity index is 1.62. The Morgan fingerprint density at radius 3 is 2.79 bits per heavy atom. The van der Waals surface area contributed by atoms with Crippen LogP contribution >= 0.6 is 0 Å². The van der Waals surface area contributed by atoms with Crippen molar-refractivity contribution in [1.82, 2.24) is 9.88 Å². The van der Waals surface area contributed by atoms with E-state index < -0.39 is 5.82 Å². The van der Waals surface area contributed by atoms with Crippen molar-refractivity contribution >= 4 is 11.6 Å². The van der Waals surface area contributed by atoms with Gasteiger partial charge in [0.2, 0.25) is 0 Å². The summed E-state index contributed by atoms with van der Waals surface area (Å²) in [5.74, 6) is 4.19. The van der Waals surface area contributed by atoms with Crippen molar-refractivity contribution in [3.63, 3.8) is 0 Å². The van der Waals surface area contributed by atoms with Gasteiger partial charge in [-0.05, 0) is 31.4 Å². The highest BCUT2D eigenvalue weighted by atomic mass is 19.1. The van der Waals surface area contributed by atoms with Crippen LogP contribution in [0.25, 0.3) is 11.1 Å². The fourth-order valence-electron chi connectivity index (χ4n) is 4.27. The molecular formula is C22H19FN4O2. The highest BCUT2D eigenvalue weighted by molar-refractivity contribution is 5.94. The van der Waals surface area contributed by atoms with Gasteiger partial charge in [-0.15, -0.1) is 0 Å². The van der Waals surface area contributed by atoms with E-state index in [0.29, 0.717) is 31.9 Å². The third-order valence-electron chi connectivity index (χ3n) is 5.65. The van der Waals surface area contributed by atoms with E-state index in [1.807, 2.05) is 0 Å². The summed E-state index contributed by atoms with van der Waals surface area (Å²) in [6, 6.07) is 6.20. The van der Waals surface area contributed by atoms with Crippen molar-refractivity contribution in [1.29, 1.82) is 5.26 Å². The van der Waals surface area contributed by atoms with E-state index in [9.17, 15) is 19.6 Å². The van der Waals surface area contributed by atoms with Gasteiger partial charge in [-0.1, -0.05) is 12.0 Å². The van der Waals surface area contributed by atoms with E-state index in [0.717, 1.165) is 6.42 Å². The molecular weight excluding hydrogens is 371 g/mol. The Hall–Kier alpha value is -3.58. The first kappa shape index (κ1) is 18.8. The molecule has 1 aromatic heterocycles. The number of hydrogen-bond acceptors (Lipinski definition) is 5. The highest BCUT2D eigenvalue weighted by Gasteiger charge is 2.49. The van der Waals surface area contributed by atoms with Crippen LogP contribution in [0.2, 0.25) is 0 Å². The number of rotatable bonds is 2. The maximum absolute atomic E-state index is 14.4. The zero-order valence-electron chi connectivity index (χ0n) is 15.9. The summed E-state index contributed by atoms with van der Waals surface area (Å²) >= 11 is 0. The predicted molar refractivity (Wildman–Crippen MR) is 105 cm³/mol. The molecule has 0 bridgehead atoms. The first-order valence-corrected chi connectivity index (χ1v) is 9.30. The standard InChI is InChI=1S/C22H19FN4O2/c1-2-4-20(29)27-13-22(14-27)7-8-26(12-22)18-11-25-10-16(15(18)9-24)21-17(23)5-3-6-19(21)28/h3,5-6,10-11,28H,7-8,12-14H2,1H3. The summed E-state index contributed by atoms with van der Waals surface area (Å²) < 4.78 is 14.4. The van der Waals surface area contributed by atoms with Crippen molar-refractivity contribution in [2.24, 2.45) is 5.41 Å². The van der Waals surface area contributed by atoms with E-state index in [2.05, 4.69) is 27.8 Å². The number of halogens is 1. The minimum absolute atomic E-state index is 0.0199. The molecule has 1 amide bonds. The molecule has 2 fully saturated rings. The van der Waals surface area contributed by atoms with Gasteiger partial charge in [-0.2, -0.15) is 5.26 Å². The molecule has 4 rings (SSSR count). The number of hydrogen-bond donors (Lipinski definition) is 1. The van der Waals surface area contributed by atoms with Gasteiger partial charge in [-0.3, -0.25) is 9.78 Å². The van der Waals surface area contributed by atoms with Crippen LogP contribution in [-0.4, -0.2) is 47.1 Å².